The maximum absolute atomic E-state index is 5.89. The van der Waals surface area contributed by atoms with Gasteiger partial charge in [0.1, 0.15) is 6.54 Å². The van der Waals surface area contributed by atoms with Gasteiger partial charge in [-0.25, -0.2) is 0 Å². The average molecular weight is 320 g/mol. The standard InChI is InChI=1S/C14H18ClN7/c15-12-6-4-11(5-7-12)13(17-16)10-22-19-14(18-20-22)21-8-2-1-3-9-21/h4-7H,1-3,8-10,16H2/b17-13-. The fourth-order valence-corrected chi connectivity index (χ4v) is 2.63. The van der Waals surface area contributed by atoms with E-state index in [9.17, 15) is 0 Å². The number of halogens is 1. The summed E-state index contributed by atoms with van der Waals surface area (Å²) in [6, 6.07) is 7.35. The highest BCUT2D eigenvalue weighted by Gasteiger charge is 2.16. The Hall–Kier alpha value is -2.15. The minimum absolute atomic E-state index is 0.374. The predicted molar refractivity (Wildman–Crippen MR) is 86.1 cm³/mol. The summed E-state index contributed by atoms with van der Waals surface area (Å²) >= 11 is 5.89. The molecule has 116 valence electrons. The van der Waals surface area contributed by atoms with Crippen molar-refractivity contribution in [3.8, 4) is 0 Å². The van der Waals surface area contributed by atoms with Crippen LogP contribution in [0.3, 0.4) is 0 Å². The number of nitrogens with two attached hydrogens (primary N) is 1. The second-order valence-corrected chi connectivity index (χ2v) is 5.69. The molecule has 1 aromatic carbocycles. The molecular formula is C14H18ClN7. The Morgan fingerprint density at radius 2 is 1.91 bits per heavy atom. The third-order valence-corrected chi connectivity index (χ3v) is 3.96. The molecule has 1 saturated heterocycles. The van der Waals surface area contributed by atoms with Crippen LogP contribution in [0.4, 0.5) is 5.95 Å². The first-order valence-corrected chi connectivity index (χ1v) is 7.69. The van der Waals surface area contributed by atoms with Crippen molar-refractivity contribution in [2.45, 2.75) is 25.8 Å². The first-order chi connectivity index (χ1) is 10.8. The topological polar surface area (TPSA) is 85.2 Å². The number of benzene rings is 1. The highest BCUT2D eigenvalue weighted by molar-refractivity contribution is 6.30. The van der Waals surface area contributed by atoms with Gasteiger partial charge in [0.05, 0.1) is 5.71 Å². The van der Waals surface area contributed by atoms with E-state index >= 15 is 0 Å². The van der Waals surface area contributed by atoms with Crippen molar-refractivity contribution in [1.82, 2.24) is 20.2 Å². The van der Waals surface area contributed by atoms with Crippen LogP contribution in [-0.2, 0) is 6.54 Å². The minimum Gasteiger partial charge on any atom is -0.338 e. The van der Waals surface area contributed by atoms with E-state index in [0.29, 0.717) is 23.2 Å². The van der Waals surface area contributed by atoms with Crippen LogP contribution in [0.2, 0.25) is 5.02 Å². The second-order valence-electron chi connectivity index (χ2n) is 5.25. The third-order valence-electron chi connectivity index (χ3n) is 3.71. The summed E-state index contributed by atoms with van der Waals surface area (Å²) in [5.41, 5.74) is 1.57. The number of hydrogen-bond donors (Lipinski definition) is 1. The zero-order valence-electron chi connectivity index (χ0n) is 12.2. The van der Waals surface area contributed by atoms with E-state index in [1.165, 1.54) is 24.1 Å². The summed E-state index contributed by atoms with van der Waals surface area (Å²) in [5.74, 6) is 6.17. The van der Waals surface area contributed by atoms with Crippen molar-refractivity contribution in [3.63, 3.8) is 0 Å². The molecule has 1 aliphatic rings. The maximum atomic E-state index is 5.89. The van der Waals surface area contributed by atoms with Crippen molar-refractivity contribution < 1.29 is 0 Å². The van der Waals surface area contributed by atoms with Crippen LogP contribution in [0, 0.1) is 0 Å². The summed E-state index contributed by atoms with van der Waals surface area (Å²) in [5, 5.41) is 17.2. The van der Waals surface area contributed by atoms with Crippen molar-refractivity contribution in [3.05, 3.63) is 34.9 Å². The number of hydrazone groups is 1. The summed E-state index contributed by atoms with van der Waals surface area (Å²) in [7, 11) is 0. The Morgan fingerprint density at radius 3 is 2.59 bits per heavy atom. The first kappa shape index (κ1) is 14.8. The van der Waals surface area contributed by atoms with Crippen LogP contribution in [0.5, 0.6) is 0 Å². The molecule has 0 radical (unpaired) electrons. The molecule has 1 fully saturated rings. The summed E-state index contributed by atoms with van der Waals surface area (Å²) in [6.07, 6.45) is 3.62. The van der Waals surface area contributed by atoms with Crippen LogP contribution in [0.25, 0.3) is 0 Å². The molecule has 22 heavy (non-hydrogen) atoms. The lowest BCUT2D eigenvalue weighted by Crippen LogP contribution is -2.30. The Balaban J connectivity index is 1.71. The Morgan fingerprint density at radius 1 is 1.18 bits per heavy atom. The lowest BCUT2D eigenvalue weighted by Gasteiger charge is -2.24. The van der Waals surface area contributed by atoms with Crippen molar-refractivity contribution >= 4 is 23.3 Å². The molecule has 7 nitrogen and oxygen atoms in total. The number of nitrogens with zero attached hydrogens (tertiary/aromatic N) is 6. The third kappa shape index (κ3) is 3.36. The van der Waals surface area contributed by atoms with Gasteiger partial charge in [-0.15, -0.1) is 5.10 Å². The number of hydrogen-bond acceptors (Lipinski definition) is 6. The van der Waals surface area contributed by atoms with Gasteiger partial charge in [-0.2, -0.15) is 9.90 Å². The van der Waals surface area contributed by atoms with Crippen LogP contribution in [0.1, 0.15) is 24.8 Å². The zero-order valence-corrected chi connectivity index (χ0v) is 12.9. The fraction of sp³-hybridized carbons (Fsp3) is 0.429. The predicted octanol–water partition coefficient (Wildman–Crippen LogP) is 1.68. The fourth-order valence-electron chi connectivity index (χ4n) is 2.51. The molecule has 0 bridgehead atoms. The van der Waals surface area contributed by atoms with E-state index < -0.39 is 0 Å². The zero-order chi connectivity index (χ0) is 15.4. The van der Waals surface area contributed by atoms with Gasteiger partial charge in [0, 0.05) is 18.1 Å². The Bertz CT molecular complexity index is 643. The van der Waals surface area contributed by atoms with Crippen molar-refractivity contribution in [2.24, 2.45) is 10.9 Å². The molecule has 0 atom stereocenters. The molecule has 0 unspecified atom stereocenters. The number of rotatable bonds is 4. The highest BCUT2D eigenvalue weighted by Crippen LogP contribution is 2.14. The molecule has 8 heteroatoms. The molecule has 2 N–H and O–H groups in total. The van der Waals surface area contributed by atoms with E-state index in [1.54, 1.807) is 12.1 Å². The number of tetrazole rings is 1. The molecule has 2 aromatic rings. The summed E-state index contributed by atoms with van der Waals surface area (Å²) in [6.45, 7) is 2.35. The van der Waals surface area contributed by atoms with Crippen LogP contribution >= 0.6 is 11.6 Å². The molecule has 2 heterocycles. The van der Waals surface area contributed by atoms with Gasteiger partial charge in [0.25, 0.3) is 5.95 Å². The van der Waals surface area contributed by atoms with E-state index in [-0.39, 0.29) is 0 Å². The molecule has 1 aromatic heterocycles. The highest BCUT2D eigenvalue weighted by atomic mass is 35.5. The lowest BCUT2D eigenvalue weighted by atomic mass is 10.1. The molecule has 3 rings (SSSR count). The largest absolute Gasteiger partial charge is 0.338 e. The van der Waals surface area contributed by atoms with Crippen molar-refractivity contribution in [2.75, 3.05) is 18.0 Å². The van der Waals surface area contributed by atoms with Crippen LogP contribution in [-0.4, -0.2) is 39.0 Å². The van der Waals surface area contributed by atoms with Gasteiger partial charge < -0.3 is 10.7 Å². The second kappa shape index (κ2) is 6.74. The normalized spacial score (nSPS) is 16.0. The molecule has 0 aliphatic carbocycles. The van der Waals surface area contributed by atoms with Crippen molar-refractivity contribution in [1.29, 1.82) is 0 Å². The minimum atomic E-state index is 0.374. The summed E-state index contributed by atoms with van der Waals surface area (Å²) < 4.78 is 0. The van der Waals surface area contributed by atoms with Crippen LogP contribution < -0.4 is 10.7 Å². The quantitative estimate of drug-likeness (QED) is 0.526. The maximum Gasteiger partial charge on any atom is 0.266 e. The lowest BCUT2D eigenvalue weighted by molar-refractivity contribution is 0.563. The Kier molecular flexibility index (Phi) is 4.53. The van der Waals surface area contributed by atoms with E-state index in [0.717, 1.165) is 18.7 Å². The van der Waals surface area contributed by atoms with E-state index in [4.69, 9.17) is 17.4 Å². The molecule has 0 amide bonds. The van der Waals surface area contributed by atoms with Gasteiger partial charge in [-0.1, -0.05) is 28.8 Å². The van der Waals surface area contributed by atoms with Crippen LogP contribution in [0.15, 0.2) is 29.4 Å². The van der Waals surface area contributed by atoms with Gasteiger partial charge in [-0.05, 0) is 42.2 Å². The number of aromatic nitrogens is 4. The monoisotopic (exact) mass is 319 g/mol. The van der Waals surface area contributed by atoms with E-state index in [1.807, 2.05) is 12.1 Å². The first-order valence-electron chi connectivity index (χ1n) is 7.32. The Labute approximate surface area is 133 Å². The van der Waals surface area contributed by atoms with E-state index in [2.05, 4.69) is 25.4 Å². The average Bonchev–Trinajstić information content (AvgIpc) is 3.03. The number of anilines is 1. The smallest absolute Gasteiger partial charge is 0.266 e. The molecule has 0 saturated carbocycles. The molecule has 1 aliphatic heterocycles. The van der Waals surface area contributed by atoms with Gasteiger partial charge in [0.15, 0.2) is 0 Å². The van der Waals surface area contributed by atoms with Gasteiger partial charge in [0.2, 0.25) is 0 Å². The molecular weight excluding hydrogens is 302 g/mol. The molecule has 0 spiro atoms. The van der Waals surface area contributed by atoms with Gasteiger partial charge >= 0.3 is 0 Å². The SMILES string of the molecule is N/N=C(/Cn1nnc(N2CCCCC2)n1)c1ccc(Cl)cc1. The number of piperidine rings is 1. The van der Waals surface area contributed by atoms with Gasteiger partial charge in [-0.3, -0.25) is 0 Å². The summed E-state index contributed by atoms with van der Waals surface area (Å²) in [4.78, 5) is 3.68.